The number of carbonyl (C=O) groups excluding carboxylic acids is 3. The van der Waals surface area contributed by atoms with E-state index in [1.54, 1.807) is 42.5 Å². The Bertz CT molecular complexity index is 1420. The Morgan fingerprint density at radius 3 is 2.28 bits per heavy atom. The van der Waals surface area contributed by atoms with Crippen LogP contribution in [0.25, 0.3) is 0 Å². The Morgan fingerprint density at radius 1 is 0.917 bits per heavy atom. The molecule has 0 unspecified atom stereocenters. The van der Waals surface area contributed by atoms with Crippen molar-refractivity contribution in [1.29, 1.82) is 0 Å². The van der Waals surface area contributed by atoms with E-state index in [1.165, 1.54) is 4.90 Å². The second-order valence-corrected chi connectivity index (χ2v) is 10.3. The zero-order valence-corrected chi connectivity index (χ0v) is 20.4. The van der Waals surface area contributed by atoms with E-state index in [1.807, 2.05) is 38.1 Å². The number of carbonyl (C=O) groups is 3. The molecule has 36 heavy (non-hydrogen) atoms. The standard InChI is InChI=1S/C28H24ClN3O4/c1-14-3-10-18(11-4-14)32-25(34)21-22(26(32)35)28(19-13-15(2)5-12-20(19)30-27(28)36)31-23(21)24(33)16-6-8-17(29)9-7-16/h3-13,21-24,31,33H,1-2H3,(H,30,36)/t21-,22+,23+,24-,28-/m1/s1. The highest BCUT2D eigenvalue weighted by Gasteiger charge is 2.71. The van der Waals surface area contributed by atoms with Crippen LogP contribution >= 0.6 is 11.6 Å². The molecule has 0 bridgehead atoms. The number of aryl methyl sites for hydroxylation is 2. The Labute approximate surface area is 213 Å². The lowest BCUT2D eigenvalue weighted by atomic mass is 9.75. The monoisotopic (exact) mass is 501 g/mol. The largest absolute Gasteiger partial charge is 0.387 e. The number of benzene rings is 3. The van der Waals surface area contributed by atoms with Crippen LogP contribution in [0.1, 0.15) is 28.4 Å². The zero-order valence-electron chi connectivity index (χ0n) is 19.7. The molecule has 3 aromatic rings. The van der Waals surface area contributed by atoms with Crippen molar-refractivity contribution < 1.29 is 19.5 Å². The molecule has 0 aromatic heterocycles. The summed E-state index contributed by atoms with van der Waals surface area (Å²) in [5, 5.41) is 18.2. The number of hydrogen-bond donors (Lipinski definition) is 3. The second-order valence-electron chi connectivity index (χ2n) is 9.83. The van der Waals surface area contributed by atoms with E-state index >= 15 is 0 Å². The number of hydrogen-bond acceptors (Lipinski definition) is 5. The molecule has 0 radical (unpaired) electrons. The van der Waals surface area contributed by atoms with E-state index in [4.69, 9.17) is 11.6 Å². The molecule has 3 aliphatic heterocycles. The van der Waals surface area contributed by atoms with Crippen molar-refractivity contribution in [2.45, 2.75) is 31.5 Å². The molecule has 3 amide bonds. The van der Waals surface area contributed by atoms with Crippen LogP contribution in [0.2, 0.25) is 5.02 Å². The molecule has 182 valence electrons. The molecule has 0 aliphatic carbocycles. The molecule has 7 nitrogen and oxygen atoms in total. The average molecular weight is 502 g/mol. The minimum atomic E-state index is -1.49. The number of aliphatic hydroxyl groups excluding tert-OH is 1. The zero-order chi connectivity index (χ0) is 25.4. The van der Waals surface area contributed by atoms with Crippen molar-refractivity contribution in [3.8, 4) is 0 Å². The predicted molar refractivity (Wildman–Crippen MR) is 135 cm³/mol. The van der Waals surface area contributed by atoms with Crippen LogP contribution in [0.5, 0.6) is 0 Å². The molecule has 3 N–H and O–H groups in total. The Balaban J connectivity index is 1.52. The third kappa shape index (κ3) is 3.10. The quantitative estimate of drug-likeness (QED) is 0.476. The molecule has 0 saturated carbocycles. The normalized spacial score (nSPS) is 27.4. The van der Waals surface area contributed by atoms with Crippen molar-refractivity contribution >= 4 is 40.7 Å². The van der Waals surface area contributed by atoms with Gasteiger partial charge in [-0.15, -0.1) is 0 Å². The summed E-state index contributed by atoms with van der Waals surface area (Å²) in [7, 11) is 0. The molecular weight excluding hydrogens is 478 g/mol. The van der Waals surface area contributed by atoms with Gasteiger partial charge in [0.25, 0.3) is 0 Å². The lowest BCUT2D eigenvalue weighted by Crippen LogP contribution is -2.54. The van der Waals surface area contributed by atoms with Crippen LogP contribution in [0.4, 0.5) is 11.4 Å². The van der Waals surface area contributed by atoms with E-state index in [-0.39, 0.29) is 0 Å². The van der Waals surface area contributed by atoms with Gasteiger partial charge in [0.1, 0.15) is 5.54 Å². The summed E-state index contributed by atoms with van der Waals surface area (Å²) < 4.78 is 0. The van der Waals surface area contributed by atoms with Crippen molar-refractivity contribution in [2.75, 3.05) is 10.2 Å². The minimum Gasteiger partial charge on any atom is -0.387 e. The highest BCUT2D eigenvalue weighted by atomic mass is 35.5. The number of nitrogens with zero attached hydrogens (tertiary/aromatic N) is 1. The maximum absolute atomic E-state index is 14.0. The Kier molecular flexibility index (Phi) is 5.09. The smallest absolute Gasteiger partial charge is 0.250 e. The number of aliphatic hydroxyl groups is 1. The van der Waals surface area contributed by atoms with Gasteiger partial charge in [-0.2, -0.15) is 0 Å². The molecule has 2 fully saturated rings. The summed E-state index contributed by atoms with van der Waals surface area (Å²) in [6.45, 7) is 3.83. The Morgan fingerprint density at radius 2 is 1.58 bits per heavy atom. The molecular formula is C28H24ClN3O4. The van der Waals surface area contributed by atoms with Gasteiger partial charge in [0.05, 0.1) is 29.7 Å². The first-order valence-electron chi connectivity index (χ1n) is 11.8. The summed E-state index contributed by atoms with van der Waals surface area (Å²) in [5.41, 5.74) is 2.60. The van der Waals surface area contributed by atoms with Gasteiger partial charge >= 0.3 is 0 Å². The van der Waals surface area contributed by atoms with Crippen LogP contribution in [0.15, 0.2) is 66.7 Å². The number of amides is 3. The molecule has 8 heteroatoms. The van der Waals surface area contributed by atoms with Crippen molar-refractivity contribution in [3.05, 3.63) is 94.0 Å². The molecule has 2 saturated heterocycles. The summed E-state index contributed by atoms with van der Waals surface area (Å²) in [6, 6.07) is 18.4. The minimum absolute atomic E-state index is 0.407. The first kappa shape index (κ1) is 22.9. The van der Waals surface area contributed by atoms with E-state index in [0.29, 0.717) is 27.5 Å². The van der Waals surface area contributed by atoms with Crippen molar-refractivity contribution in [2.24, 2.45) is 11.8 Å². The number of fused-ring (bicyclic) bond motifs is 4. The van der Waals surface area contributed by atoms with Crippen molar-refractivity contribution in [3.63, 3.8) is 0 Å². The second kappa shape index (κ2) is 8.00. The summed E-state index contributed by atoms with van der Waals surface area (Å²) in [4.78, 5) is 42.7. The van der Waals surface area contributed by atoms with Gasteiger partial charge < -0.3 is 10.4 Å². The SMILES string of the molecule is Cc1ccc(N2C(=O)[C@H]3[C@@H]([C@H](O)c4ccc(Cl)cc4)N[C@@]4(C(=O)Nc5ccc(C)cc54)[C@@H]3C2=O)cc1. The maximum atomic E-state index is 14.0. The predicted octanol–water partition coefficient (Wildman–Crippen LogP) is 3.62. The van der Waals surface area contributed by atoms with Gasteiger partial charge in [-0.25, -0.2) is 4.90 Å². The molecule has 3 heterocycles. The fraction of sp³-hybridized carbons (Fsp3) is 0.250. The number of rotatable bonds is 3. The van der Waals surface area contributed by atoms with Gasteiger partial charge in [0.2, 0.25) is 17.7 Å². The van der Waals surface area contributed by atoms with Gasteiger partial charge in [-0.05, 0) is 49.7 Å². The lowest BCUT2D eigenvalue weighted by Gasteiger charge is -2.31. The van der Waals surface area contributed by atoms with E-state index in [2.05, 4.69) is 10.6 Å². The highest BCUT2D eigenvalue weighted by molar-refractivity contribution is 6.30. The average Bonchev–Trinajstić information content (AvgIpc) is 3.45. The molecule has 1 spiro atoms. The molecule has 5 atom stereocenters. The number of anilines is 2. The van der Waals surface area contributed by atoms with Crippen LogP contribution in [-0.2, 0) is 19.9 Å². The fourth-order valence-corrected chi connectivity index (χ4v) is 6.06. The Hall–Kier alpha value is -3.52. The van der Waals surface area contributed by atoms with Crippen molar-refractivity contribution in [1.82, 2.24) is 5.32 Å². The number of nitrogens with one attached hydrogen (secondary N) is 2. The van der Waals surface area contributed by atoms with Crippen LogP contribution in [-0.4, -0.2) is 28.9 Å². The first-order chi connectivity index (χ1) is 17.2. The number of imide groups is 1. The highest BCUT2D eigenvalue weighted by Crippen LogP contribution is 2.55. The third-order valence-electron chi connectivity index (χ3n) is 7.65. The van der Waals surface area contributed by atoms with E-state index in [0.717, 1.165) is 11.1 Å². The molecule has 3 aromatic carbocycles. The summed E-state index contributed by atoms with van der Waals surface area (Å²) in [5.74, 6) is -3.29. The van der Waals surface area contributed by atoms with Gasteiger partial charge in [-0.1, -0.05) is 59.1 Å². The van der Waals surface area contributed by atoms with Crippen LogP contribution in [0, 0.1) is 25.7 Å². The van der Waals surface area contributed by atoms with Crippen LogP contribution < -0.4 is 15.5 Å². The maximum Gasteiger partial charge on any atom is 0.250 e. The van der Waals surface area contributed by atoms with E-state index in [9.17, 15) is 19.5 Å². The summed E-state index contributed by atoms with van der Waals surface area (Å²) in [6.07, 6.45) is -1.16. The fourth-order valence-electron chi connectivity index (χ4n) is 5.93. The topological polar surface area (TPSA) is 98.7 Å². The summed E-state index contributed by atoms with van der Waals surface area (Å²) >= 11 is 6.04. The van der Waals surface area contributed by atoms with Gasteiger partial charge in [-0.3, -0.25) is 19.7 Å². The van der Waals surface area contributed by atoms with Gasteiger partial charge in [0.15, 0.2) is 0 Å². The molecule has 6 rings (SSSR count). The van der Waals surface area contributed by atoms with Crippen LogP contribution in [0.3, 0.4) is 0 Å². The first-order valence-corrected chi connectivity index (χ1v) is 12.2. The third-order valence-corrected chi connectivity index (χ3v) is 7.90. The van der Waals surface area contributed by atoms with E-state index < -0.39 is 47.2 Å². The molecule has 3 aliphatic rings. The lowest BCUT2D eigenvalue weighted by molar-refractivity contribution is -0.130. The number of halogens is 1. The van der Waals surface area contributed by atoms with Gasteiger partial charge in [0, 0.05) is 16.3 Å².